The number of amides is 1. The number of pyridine rings is 2. The van der Waals surface area contributed by atoms with Gasteiger partial charge in [-0.1, -0.05) is 0 Å². The van der Waals surface area contributed by atoms with Crippen LogP contribution in [0.4, 0.5) is 19.0 Å². The predicted octanol–water partition coefficient (Wildman–Crippen LogP) is 1.75. The Labute approximate surface area is 140 Å². The van der Waals surface area contributed by atoms with E-state index in [1.807, 2.05) is 0 Å². The van der Waals surface area contributed by atoms with Crippen molar-refractivity contribution < 1.29 is 18.0 Å². The molecule has 2 aromatic rings. The van der Waals surface area contributed by atoms with Gasteiger partial charge in [-0.3, -0.25) is 9.59 Å². The quantitative estimate of drug-likeness (QED) is 0.894. The van der Waals surface area contributed by atoms with E-state index in [-0.39, 0.29) is 11.5 Å². The van der Waals surface area contributed by atoms with Gasteiger partial charge in [0.15, 0.2) is 0 Å². The summed E-state index contributed by atoms with van der Waals surface area (Å²) in [6.07, 6.45) is -2.16. The van der Waals surface area contributed by atoms with Gasteiger partial charge in [-0.2, -0.15) is 13.2 Å². The molecule has 132 valence electrons. The molecule has 1 aliphatic rings. The van der Waals surface area contributed by atoms with Gasteiger partial charge in [-0.05, 0) is 24.3 Å². The van der Waals surface area contributed by atoms with E-state index < -0.39 is 17.3 Å². The number of hydrogen-bond acceptors (Lipinski definition) is 4. The Kier molecular flexibility index (Phi) is 4.47. The van der Waals surface area contributed by atoms with Gasteiger partial charge in [0.25, 0.3) is 11.5 Å². The molecule has 1 saturated heterocycles. The van der Waals surface area contributed by atoms with Crippen LogP contribution in [-0.4, -0.2) is 47.0 Å². The Hall–Kier alpha value is -2.84. The number of aromatic nitrogens is 2. The number of H-pyrrole nitrogens is 1. The van der Waals surface area contributed by atoms with Crippen LogP contribution >= 0.6 is 0 Å². The fourth-order valence-electron chi connectivity index (χ4n) is 2.64. The van der Waals surface area contributed by atoms with E-state index >= 15 is 0 Å². The fourth-order valence-corrected chi connectivity index (χ4v) is 2.64. The molecule has 9 heteroatoms. The molecule has 0 saturated carbocycles. The Morgan fingerprint density at radius 3 is 2.40 bits per heavy atom. The molecular weight excluding hydrogens is 337 g/mol. The van der Waals surface area contributed by atoms with Crippen molar-refractivity contribution in [3.05, 3.63) is 58.1 Å². The van der Waals surface area contributed by atoms with Crippen LogP contribution in [0, 0.1) is 0 Å². The lowest BCUT2D eigenvalue weighted by Gasteiger charge is -2.35. The third-order valence-electron chi connectivity index (χ3n) is 4.01. The van der Waals surface area contributed by atoms with Gasteiger partial charge < -0.3 is 14.8 Å². The second-order valence-corrected chi connectivity index (χ2v) is 5.60. The molecule has 3 heterocycles. The third kappa shape index (κ3) is 3.65. The summed E-state index contributed by atoms with van der Waals surface area (Å²) in [5.74, 6) is 0.0690. The molecule has 0 radical (unpaired) electrons. The molecule has 0 spiro atoms. The van der Waals surface area contributed by atoms with Crippen molar-refractivity contribution in [2.45, 2.75) is 6.18 Å². The number of nitrogens with zero attached hydrogens (tertiary/aromatic N) is 3. The Morgan fingerprint density at radius 1 is 1.12 bits per heavy atom. The number of halogens is 3. The number of anilines is 1. The highest BCUT2D eigenvalue weighted by Crippen LogP contribution is 2.29. The van der Waals surface area contributed by atoms with Crippen molar-refractivity contribution in [1.82, 2.24) is 14.9 Å². The first-order chi connectivity index (χ1) is 11.9. The van der Waals surface area contributed by atoms with E-state index in [0.29, 0.717) is 32.0 Å². The summed E-state index contributed by atoms with van der Waals surface area (Å²) in [5.41, 5.74) is -1.17. The van der Waals surface area contributed by atoms with Crippen LogP contribution in [0.1, 0.15) is 15.9 Å². The maximum atomic E-state index is 12.6. The first kappa shape index (κ1) is 17.0. The van der Waals surface area contributed by atoms with Crippen molar-refractivity contribution in [2.24, 2.45) is 0 Å². The van der Waals surface area contributed by atoms with Gasteiger partial charge in [0.1, 0.15) is 11.4 Å². The first-order valence-electron chi connectivity index (χ1n) is 7.61. The average molecular weight is 352 g/mol. The molecule has 1 amide bonds. The number of hydrogen-bond donors (Lipinski definition) is 1. The molecule has 0 aromatic carbocycles. The first-order valence-corrected chi connectivity index (χ1v) is 7.61. The lowest BCUT2D eigenvalue weighted by atomic mass is 10.2. The third-order valence-corrected chi connectivity index (χ3v) is 4.01. The maximum Gasteiger partial charge on any atom is 0.417 e. The second kappa shape index (κ2) is 6.58. The van der Waals surface area contributed by atoms with Crippen molar-refractivity contribution in [1.29, 1.82) is 0 Å². The van der Waals surface area contributed by atoms with E-state index in [4.69, 9.17) is 0 Å². The molecule has 0 unspecified atom stereocenters. The Morgan fingerprint density at radius 2 is 1.84 bits per heavy atom. The number of carbonyl (C=O) groups excluding carboxylic acids is 1. The highest BCUT2D eigenvalue weighted by atomic mass is 19.4. The zero-order valence-electron chi connectivity index (χ0n) is 13.1. The lowest BCUT2D eigenvalue weighted by molar-refractivity contribution is -0.137. The highest BCUT2D eigenvalue weighted by Gasteiger charge is 2.31. The van der Waals surface area contributed by atoms with Crippen LogP contribution in [0.25, 0.3) is 0 Å². The SMILES string of the molecule is O=C(c1ccc[nH]c1=O)N1CCN(c2ccc(C(F)(F)F)cn2)CC1. The summed E-state index contributed by atoms with van der Waals surface area (Å²) in [4.78, 5) is 33.7. The topological polar surface area (TPSA) is 69.3 Å². The lowest BCUT2D eigenvalue weighted by Crippen LogP contribution is -2.49. The Bertz CT molecular complexity index is 809. The van der Waals surface area contributed by atoms with Crippen molar-refractivity contribution in [3.63, 3.8) is 0 Å². The highest BCUT2D eigenvalue weighted by molar-refractivity contribution is 5.93. The van der Waals surface area contributed by atoms with Gasteiger partial charge in [0, 0.05) is 38.6 Å². The summed E-state index contributed by atoms with van der Waals surface area (Å²) in [5, 5.41) is 0. The van der Waals surface area contributed by atoms with Gasteiger partial charge in [-0.25, -0.2) is 4.98 Å². The zero-order chi connectivity index (χ0) is 18.0. The van der Waals surface area contributed by atoms with E-state index in [0.717, 1.165) is 12.3 Å². The molecule has 0 aliphatic carbocycles. The van der Waals surface area contributed by atoms with Crippen molar-refractivity contribution in [3.8, 4) is 0 Å². The molecule has 3 rings (SSSR count). The van der Waals surface area contributed by atoms with Gasteiger partial charge >= 0.3 is 6.18 Å². The molecule has 1 N–H and O–H groups in total. The van der Waals surface area contributed by atoms with Crippen LogP contribution in [0.15, 0.2) is 41.5 Å². The second-order valence-electron chi connectivity index (χ2n) is 5.60. The molecule has 1 aliphatic heterocycles. The minimum atomic E-state index is -4.42. The summed E-state index contributed by atoms with van der Waals surface area (Å²) in [6, 6.07) is 5.35. The minimum Gasteiger partial charge on any atom is -0.353 e. The summed E-state index contributed by atoms with van der Waals surface area (Å²) < 4.78 is 37.7. The maximum absolute atomic E-state index is 12.6. The number of piperazine rings is 1. The van der Waals surface area contributed by atoms with E-state index in [1.165, 1.54) is 18.3 Å². The van der Waals surface area contributed by atoms with Crippen LogP contribution in [-0.2, 0) is 6.18 Å². The standard InChI is InChI=1S/C16H15F3N4O2/c17-16(18,19)11-3-4-13(21-10-11)22-6-8-23(9-7-22)15(25)12-2-1-5-20-14(12)24/h1-5,10H,6-9H2,(H,20,24). The van der Waals surface area contributed by atoms with E-state index in [1.54, 1.807) is 15.9 Å². The number of rotatable bonds is 2. The van der Waals surface area contributed by atoms with E-state index in [2.05, 4.69) is 9.97 Å². The van der Waals surface area contributed by atoms with Gasteiger partial charge in [0.2, 0.25) is 0 Å². The summed E-state index contributed by atoms with van der Waals surface area (Å²) in [6.45, 7) is 1.56. The summed E-state index contributed by atoms with van der Waals surface area (Å²) in [7, 11) is 0. The molecule has 6 nitrogen and oxygen atoms in total. The smallest absolute Gasteiger partial charge is 0.353 e. The monoisotopic (exact) mass is 352 g/mol. The van der Waals surface area contributed by atoms with Crippen molar-refractivity contribution in [2.75, 3.05) is 31.1 Å². The van der Waals surface area contributed by atoms with Crippen LogP contribution in [0.5, 0.6) is 0 Å². The molecule has 0 bridgehead atoms. The number of nitrogens with one attached hydrogen (secondary N) is 1. The van der Waals surface area contributed by atoms with Crippen LogP contribution in [0.2, 0.25) is 0 Å². The van der Waals surface area contributed by atoms with Gasteiger partial charge in [0.05, 0.1) is 5.56 Å². The number of alkyl halides is 3. The molecule has 1 fully saturated rings. The normalized spacial score (nSPS) is 15.3. The summed E-state index contributed by atoms with van der Waals surface area (Å²) >= 11 is 0. The predicted molar refractivity (Wildman–Crippen MR) is 84.4 cm³/mol. The number of carbonyl (C=O) groups is 1. The molecule has 2 aromatic heterocycles. The van der Waals surface area contributed by atoms with E-state index in [9.17, 15) is 22.8 Å². The van der Waals surface area contributed by atoms with Gasteiger partial charge in [-0.15, -0.1) is 0 Å². The Balaban J connectivity index is 1.65. The largest absolute Gasteiger partial charge is 0.417 e. The van der Waals surface area contributed by atoms with Crippen LogP contribution < -0.4 is 10.5 Å². The fraction of sp³-hybridized carbons (Fsp3) is 0.312. The van der Waals surface area contributed by atoms with Crippen LogP contribution in [0.3, 0.4) is 0 Å². The number of aromatic amines is 1. The van der Waals surface area contributed by atoms with Crippen molar-refractivity contribution >= 4 is 11.7 Å². The molecule has 0 atom stereocenters. The minimum absolute atomic E-state index is 0.0728. The molecular formula is C16H15F3N4O2. The molecule has 25 heavy (non-hydrogen) atoms. The zero-order valence-corrected chi connectivity index (χ0v) is 13.1. The average Bonchev–Trinajstić information content (AvgIpc) is 2.61.